The van der Waals surface area contributed by atoms with Crippen LogP contribution in [-0.4, -0.2) is 45.4 Å². The molecule has 152 valence electrons. The Balaban J connectivity index is 2.02. The van der Waals surface area contributed by atoms with Crippen molar-refractivity contribution >= 4 is 5.91 Å². The Bertz CT molecular complexity index is 600. The molecule has 6 heteroatoms. The molecular weight excluding hydrogens is 344 g/mol. The highest BCUT2D eigenvalue weighted by Crippen LogP contribution is 2.31. The molecule has 0 saturated carbocycles. The van der Waals surface area contributed by atoms with E-state index in [1.54, 1.807) is 14.2 Å². The Morgan fingerprint density at radius 2 is 1.96 bits per heavy atom. The predicted octanol–water partition coefficient (Wildman–Crippen LogP) is 3.21. The Morgan fingerprint density at radius 1 is 1.22 bits per heavy atom. The molecule has 0 radical (unpaired) electrons. The standard InChI is InChI=1S/C21H34N2O4/c1-5-6-7-14-27-18-9-8-17(15-19(18)25-3)16(2)23-20(24)21(26-4)10-12-22-13-11-21/h8-9,15-16,22H,5-7,10-14H2,1-4H3,(H,23,24). The van der Waals surface area contributed by atoms with Crippen LogP contribution < -0.4 is 20.1 Å². The second-order valence-corrected chi connectivity index (χ2v) is 7.11. The van der Waals surface area contributed by atoms with Gasteiger partial charge in [-0.1, -0.05) is 25.8 Å². The molecule has 1 aliphatic heterocycles. The van der Waals surface area contributed by atoms with E-state index in [0.717, 1.165) is 43.7 Å². The zero-order chi connectivity index (χ0) is 19.7. The summed E-state index contributed by atoms with van der Waals surface area (Å²) in [6.07, 6.45) is 4.70. The zero-order valence-corrected chi connectivity index (χ0v) is 17.1. The lowest BCUT2D eigenvalue weighted by Gasteiger charge is -2.35. The predicted molar refractivity (Wildman–Crippen MR) is 106 cm³/mol. The van der Waals surface area contributed by atoms with Crippen molar-refractivity contribution in [2.24, 2.45) is 0 Å². The molecule has 27 heavy (non-hydrogen) atoms. The summed E-state index contributed by atoms with van der Waals surface area (Å²) in [5.41, 5.74) is 0.229. The molecule has 0 aromatic heterocycles. The first kappa shape index (κ1) is 21.5. The minimum absolute atomic E-state index is 0.0575. The van der Waals surface area contributed by atoms with Crippen molar-refractivity contribution in [1.29, 1.82) is 0 Å². The van der Waals surface area contributed by atoms with Crippen molar-refractivity contribution in [2.45, 2.75) is 57.6 Å². The molecule has 1 amide bonds. The molecule has 6 nitrogen and oxygen atoms in total. The van der Waals surface area contributed by atoms with Crippen molar-refractivity contribution in [2.75, 3.05) is 33.9 Å². The number of piperidine rings is 1. The summed E-state index contributed by atoms with van der Waals surface area (Å²) in [6.45, 7) is 6.39. The van der Waals surface area contributed by atoms with Crippen LogP contribution in [0.25, 0.3) is 0 Å². The molecule has 0 spiro atoms. The topological polar surface area (TPSA) is 68.8 Å². The number of amides is 1. The lowest BCUT2D eigenvalue weighted by Crippen LogP contribution is -2.54. The van der Waals surface area contributed by atoms with Crippen molar-refractivity contribution in [3.05, 3.63) is 23.8 Å². The van der Waals surface area contributed by atoms with Gasteiger partial charge in [0.25, 0.3) is 5.91 Å². The van der Waals surface area contributed by atoms with E-state index in [4.69, 9.17) is 14.2 Å². The van der Waals surface area contributed by atoms with Crippen molar-refractivity contribution in [3.8, 4) is 11.5 Å². The molecule has 1 atom stereocenters. The third-order valence-electron chi connectivity index (χ3n) is 5.26. The fourth-order valence-corrected chi connectivity index (χ4v) is 3.37. The number of ether oxygens (including phenoxy) is 3. The van der Waals surface area contributed by atoms with Gasteiger partial charge in [-0.3, -0.25) is 4.79 Å². The molecule has 1 fully saturated rings. The zero-order valence-electron chi connectivity index (χ0n) is 17.1. The number of rotatable bonds is 10. The average molecular weight is 379 g/mol. The SMILES string of the molecule is CCCCCOc1ccc(C(C)NC(=O)C2(OC)CCNCC2)cc1OC. The van der Waals surface area contributed by atoms with Crippen molar-refractivity contribution in [3.63, 3.8) is 0 Å². The molecule has 0 bridgehead atoms. The monoisotopic (exact) mass is 378 g/mol. The van der Waals surface area contributed by atoms with Crippen LogP contribution in [0, 0.1) is 0 Å². The molecule has 2 N–H and O–H groups in total. The van der Waals surface area contributed by atoms with Crippen LogP contribution in [0.2, 0.25) is 0 Å². The van der Waals surface area contributed by atoms with Gasteiger partial charge in [-0.2, -0.15) is 0 Å². The van der Waals surface area contributed by atoms with Gasteiger partial charge in [-0.05, 0) is 57.0 Å². The van der Waals surface area contributed by atoms with E-state index >= 15 is 0 Å². The van der Waals surface area contributed by atoms with Gasteiger partial charge in [0.05, 0.1) is 19.8 Å². The third kappa shape index (κ3) is 5.59. The fourth-order valence-electron chi connectivity index (χ4n) is 3.37. The number of unbranched alkanes of at least 4 members (excludes halogenated alkanes) is 2. The maximum atomic E-state index is 12.8. The number of carbonyl (C=O) groups excluding carboxylic acids is 1. The van der Waals surface area contributed by atoms with Gasteiger partial charge >= 0.3 is 0 Å². The van der Waals surface area contributed by atoms with Gasteiger partial charge < -0.3 is 24.8 Å². The highest BCUT2D eigenvalue weighted by atomic mass is 16.5. The summed E-state index contributed by atoms with van der Waals surface area (Å²) >= 11 is 0. The van der Waals surface area contributed by atoms with Crippen LogP contribution in [0.3, 0.4) is 0 Å². The van der Waals surface area contributed by atoms with Gasteiger partial charge in [-0.15, -0.1) is 0 Å². The third-order valence-corrected chi connectivity index (χ3v) is 5.26. The van der Waals surface area contributed by atoms with Crippen LogP contribution in [0.15, 0.2) is 18.2 Å². The van der Waals surface area contributed by atoms with Gasteiger partial charge in [0.15, 0.2) is 11.5 Å². The highest BCUT2D eigenvalue weighted by Gasteiger charge is 2.40. The van der Waals surface area contributed by atoms with Crippen LogP contribution in [0.1, 0.15) is 57.6 Å². The summed E-state index contributed by atoms with van der Waals surface area (Å²) in [6, 6.07) is 5.67. The summed E-state index contributed by atoms with van der Waals surface area (Å²) < 4.78 is 16.9. The number of hydrogen-bond acceptors (Lipinski definition) is 5. The van der Waals surface area contributed by atoms with E-state index in [-0.39, 0.29) is 11.9 Å². The highest BCUT2D eigenvalue weighted by molar-refractivity contribution is 5.85. The average Bonchev–Trinajstić information content (AvgIpc) is 2.71. The lowest BCUT2D eigenvalue weighted by atomic mass is 9.90. The molecular formula is C21H34N2O4. The molecule has 1 aromatic carbocycles. The van der Waals surface area contributed by atoms with E-state index in [9.17, 15) is 4.79 Å². The van der Waals surface area contributed by atoms with Crippen LogP contribution in [0.5, 0.6) is 11.5 Å². The Labute approximate surface area is 163 Å². The normalized spacial score (nSPS) is 17.2. The van der Waals surface area contributed by atoms with Crippen LogP contribution in [-0.2, 0) is 9.53 Å². The number of hydrogen-bond donors (Lipinski definition) is 2. The summed E-state index contributed by atoms with van der Waals surface area (Å²) in [7, 11) is 3.25. The minimum Gasteiger partial charge on any atom is -0.493 e. The summed E-state index contributed by atoms with van der Waals surface area (Å²) in [4.78, 5) is 12.8. The minimum atomic E-state index is -0.744. The maximum absolute atomic E-state index is 12.8. The first-order valence-electron chi connectivity index (χ1n) is 9.94. The molecule has 1 aliphatic rings. The second kappa shape index (κ2) is 10.5. The van der Waals surface area contributed by atoms with E-state index in [0.29, 0.717) is 25.2 Å². The first-order chi connectivity index (χ1) is 13.1. The summed E-state index contributed by atoms with van der Waals surface area (Å²) in [5, 5.41) is 6.37. The number of nitrogens with one attached hydrogen (secondary N) is 2. The van der Waals surface area contributed by atoms with E-state index < -0.39 is 5.60 Å². The molecule has 1 saturated heterocycles. The van der Waals surface area contributed by atoms with E-state index in [1.165, 1.54) is 0 Å². The van der Waals surface area contributed by atoms with Crippen LogP contribution >= 0.6 is 0 Å². The van der Waals surface area contributed by atoms with Gasteiger partial charge in [-0.25, -0.2) is 0 Å². The largest absolute Gasteiger partial charge is 0.493 e. The Hall–Kier alpha value is -1.79. The fraction of sp³-hybridized carbons (Fsp3) is 0.667. The van der Waals surface area contributed by atoms with E-state index in [1.807, 2.05) is 25.1 Å². The molecule has 1 heterocycles. The lowest BCUT2D eigenvalue weighted by molar-refractivity contribution is -0.147. The van der Waals surface area contributed by atoms with Gasteiger partial charge in [0.2, 0.25) is 0 Å². The van der Waals surface area contributed by atoms with Crippen LogP contribution in [0.4, 0.5) is 0 Å². The van der Waals surface area contributed by atoms with Gasteiger partial charge in [0, 0.05) is 7.11 Å². The molecule has 1 unspecified atom stereocenters. The van der Waals surface area contributed by atoms with Gasteiger partial charge in [0.1, 0.15) is 5.60 Å². The smallest absolute Gasteiger partial charge is 0.252 e. The van der Waals surface area contributed by atoms with Crippen molar-refractivity contribution < 1.29 is 19.0 Å². The number of benzene rings is 1. The molecule has 0 aliphatic carbocycles. The molecule has 1 aromatic rings. The Morgan fingerprint density at radius 3 is 2.59 bits per heavy atom. The number of methoxy groups -OCH3 is 2. The second-order valence-electron chi connectivity index (χ2n) is 7.11. The van der Waals surface area contributed by atoms with Crippen molar-refractivity contribution in [1.82, 2.24) is 10.6 Å². The number of carbonyl (C=O) groups is 1. The molecule has 2 rings (SSSR count). The summed E-state index contributed by atoms with van der Waals surface area (Å²) in [5.74, 6) is 1.37. The van der Waals surface area contributed by atoms with E-state index in [2.05, 4.69) is 17.6 Å². The maximum Gasteiger partial charge on any atom is 0.252 e. The quantitative estimate of drug-likeness (QED) is 0.612. The first-order valence-corrected chi connectivity index (χ1v) is 9.94. The Kier molecular flexibility index (Phi) is 8.38.